The van der Waals surface area contributed by atoms with Gasteiger partial charge in [0.25, 0.3) is 0 Å². The maximum absolute atomic E-state index is 10.8. The SMILES string of the molecule is CCNCc1ccc([N+](=O)[O-])c(OC(C)C)c1. The van der Waals surface area contributed by atoms with E-state index in [4.69, 9.17) is 4.74 Å². The van der Waals surface area contributed by atoms with Gasteiger partial charge in [0.05, 0.1) is 11.0 Å². The highest BCUT2D eigenvalue weighted by Crippen LogP contribution is 2.28. The summed E-state index contributed by atoms with van der Waals surface area (Å²) >= 11 is 0. The Bertz CT molecular complexity index is 391. The minimum atomic E-state index is -0.422. The van der Waals surface area contributed by atoms with Crippen LogP contribution in [0.2, 0.25) is 0 Å². The number of nitrogens with one attached hydrogen (secondary N) is 1. The lowest BCUT2D eigenvalue weighted by Crippen LogP contribution is -2.13. The van der Waals surface area contributed by atoms with Gasteiger partial charge in [0, 0.05) is 12.6 Å². The largest absolute Gasteiger partial charge is 0.484 e. The van der Waals surface area contributed by atoms with Crippen LogP contribution in [0.15, 0.2) is 18.2 Å². The van der Waals surface area contributed by atoms with Gasteiger partial charge in [0.2, 0.25) is 0 Å². The van der Waals surface area contributed by atoms with E-state index >= 15 is 0 Å². The third-order valence-corrected chi connectivity index (χ3v) is 2.16. The van der Waals surface area contributed by atoms with Gasteiger partial charge in [-0.1, -0.05) is 13.0 Å². The molecule has 0 radical (unpaired) electrons. The number of nitro benzene ring substituents is 1. The molecule has 0 saturated carbocycles. The first-order chi connectivity index (χ1) is 8.04. The van der Waals surface area contributed by atoms with Crippen LogP contribution in [-0.2, 0) is 6.54 Å². The number of benzene rings is 1. The maximum atomic E-state index is 10.8. The minimum Gasteiger partial charge on any atom is -0.484 e. The summed E-state index contributed by atoms with van der Waals surface area (Å²) in [6.07, 6.45) is -0.0805. The van der Waals surface area contributed by atoms with Crippen molar-refractivity contribution in [1.82, 2.24) is 5.32 Å². The molecule has 0 bridgehead atoms. The molecule has 0 aromatic heterocycles. The number of hydrogen-bond donors (Lipinski definition) is 1. The Kier molecular flexibility index (Phi) is 4.90. The van der Waals surface area contributed by atoms with Gasteiger partial charge in [-0.3, -0.25) is 10.1 Å². The summed E-state index contributed by atoms with van der Waals surface area (Å²) in [7, 11) is 0. The molecule has 1 aromatic carbocycles. The van der Waals surface area contributed by atoms with Crippen LogP contribution in [0.5, 0.6) is 5.75 Å². The fourth-order valence-electron chi connectivity index (χ4n) is 1.44. The van der Waals surface area contributed by atoms with Crippen LogP contribution in [-0.4, -0.2) is 17.6 Å². The van der Waals surface area contributed by atoms with Crippen LogP contribution < -0.4 is 10.1 Å². The Labute approximate surface area is 101 Å². The zero-order chi connectivity index (χ0) is 12.8. The first kappa shape index (κ1) is 13.4. The van der Waals surface area contributed by atoms with Crippen LogP contribution in [0, 0.1) is 10.1 Å². The molecule has 94 valence electrons. The van der Waals surface area contributed by atoms with Gasteiger partial charge in [-0.05, 0) is 32.0 Å². The highest BCUT2D eigenvalue weighted by atomic mass is 16.6. The molecule has 1 rings (SSSR count). The van der Waals surface area contributed by atoms with Gasteiger partial charge in [-0.15, -0.1) is 0 Å². The van der Waals surface area contributed by atoms with Crippen molar-refractivity contribution in [2.24, 2.45) is 0 Å². The first-order valence-corrected chi connectivity index (χ1v) is 5.69. The fourth-order valence-corrected chi connectivity index (χ4v) is 1.44. The monoisotopic (exact) mass is 238 g/mol. The summed E-state index contributed by atoms with van der Waals surface area (Å²) in [4.78, 5) is 10.4. The summed E-state index contributed by atoms with van der Waals surface area (Å²) in [5, 5.41) is 14.0. The average Bonchev–Trinajstić information content (AvgIpc) is 2.25. The van der Waals surface area contributed by atoms with Crippen LogP contribution in [0.1, 0.15) is 26.3 Å². The lowest BCUT2D eigenvalue weighted by atomic mass is 10.2. The van der Waals surface area contributed by atoms with E-state index in [0.717, 1.165) is 12.1 Å². The van der Waals surface area contributed by atoms with E-state index < -0.39 is 4.92 Å². The van der Waals surface area contributed by atoms with Crippen LogP contribution >= 0.6 is 0 Å². The molecule has 1 N–H and O–H groups in total. The van der Waals surface area contributed by atoms with E-state index in [1.165, 1.54) is 6.07 Å². The molecule has 0 saturated heterocycles. The minimum absolute atomic E-state index is 0.0129. The van der Waals surface area contributed by atoms with Gasteiger partial charge in [-0.25, -0.2) is 0 Å². The summed E-state index contributed by atoms with van der Waals surface area (Å²) in [6, 6.07) is 4.96. The summed E-state index contributed by atoms with van der Waals surface area (Å²) < 4.78 is 5.46. The molecule has 0 fully saturated rings. The third-order valence-electron chi connectivity index (χ3n) is 2.16. The van der Waals surface area contributed by atoms with Gasteiger partial charge >= 0.3 is 5.69 Å². The normalized spacial score (nSPS) is 10.6. The summed E-state index contributed by atoms with van der Waals surface area (Å²) in [5.41, 5.74) is 0.993. The van der Waals surface area contributed by atoms with Crippen molar-refractivity contribution < 1.29 is 9.66 Å². The van der Waals surface area contributed by atoms with E-state index in [-0.39, 0.29) is 11.8 Å². The summed E-state index contributed by atoms with van der Waals surface area (Å²) in [6.45, 7) is 7.25. The Balaban J connectivity index is 2.97. The van der Waals surface area contributed by atoms with Gasteiger partial charge in [0.1, 0.15) is 0 Å². The zero-order valence-corrected chi connectivity index (χ0v) is 10.4. The van der Waals surface area contributed by atoms with Crippen molar-refractivity contribution in [2.45, 2.75) is 33.4 Å². The molecule has 1 aromatic rings. The number of rotatable bonds is 6. The van der Waals surface area contributed by atoms with Crippen molar-refractivity contribution in [2.75, 3.05) is 6.54 Å². The number of ether oxygens (including phenoxy) is 1. The second-order valence-electron chi connectivity index (χ2n) is 4.01. The molecule has 5 nitrogen and oxygen atoms in total. The molecular weight excluding hydrogens is 220 g/mol. The van der Waals surface area contributed by atoms with E-state index in [2.05, 4.69) is 5.32 Å². The van der Waals surface area contributed by atoms with Crippen LogP contribution in [0.4, 0.5) is 5.69 Å². The van der Waals surface area contributed by atoms with E-state index in [0.29, 0.717) is 12.3 Å². The lowest BCUT2D eigenvalue weighted by molar-refractivity contribution is -0.386. The molecule has 0 aliphatic carbocycles. The molecule has 17 heavy (non-hydrogen) atoms. The number of nitrogens with zero attached hydrogens (tertiary/aromatic N) is 1. The van der Waals surface area contributed by atoms with E-state index in [1.807, 2.05) is 20.8 Å². The van der Waals surface area contributed by atoms with Crippen molar-refractivity contribution in [3.63, 3.8) is 0 Å². The van der Waals surface area contributed by atoms with E-state index in [9.17, 15) is 10.1 Å². The van der Waals surface area contributed by atoms with Gasteiger partial charge in [0.15, 0.2) is 5.75 Å². The molecular formula is C12H18N2O3. The topological polar surface area (TPSA) is 64.4 Å². The second kappa shape index (κ2) is 6.20. The predicted octanol–water partition coefficient (Wildman–Crippen LogP) is 2.49. The molecule has 0 atom stereocenters. The summed E-state index contributed by atoms with van der Waals surface area (Å²) in [5.74, 6) is 0.334. The van der Waals surface area contributed by atoms with Crippen molar-refractivity contribution in [1.29, 1.82) is 0 Å². The van der Waals surface area contributed by atoms with Crippen molar-refractivity contribution >= 4 is 5.69 Å². The standard InChI is InChI=1S/C12H18N2O3/c1-4-13-8-10-5-6-11(14(15)16)12(7-10)17-9(2)3/h5-7,9,13H,4,8H2,1-3H3. The second-order valence-corrected chi connectivity index (χ2v) is 4.01. The predicted molar refractivity (Wildman–Crippen MR) is 66.2 cm³/mol. The fraction of sp³-hybridized carbons (Fsp3) is 0.500. The molecule has 0 aliphatic heterocycles. The molecule has 0 heterocycles. The van der Waals surface area contributed by atoms with Crippen LogP contribution in [0.25, 0.3) is 0 Å². The van der Waals surface area contributed by atoms with Crippen molar-refractivity contribution in [3.8, 4) is 5.75 Å². The van der Waals surface area contributed by atoms with Crippen LogP contribution in [0.3, 0.4) is 0 Å². The highest BCUT2D eigenvalue weighted by molar-refractivity contribution is 5.48. The Hall–Kier alpha value is -1.62. The first-order valence-electron chi connectivity index (χ1n) is 5.69. The molecule has 0 aliphatic rings. The third kappa shape index (κ3) is 4.03. The lowest BCUT2D eigenvalue weighted by Gasteiger charge is -2.11. The Morgan fingerprint density at radius 2 is 2.18 bits per heavy atom. The Morgan fingerprint density at radius 1 is 1.47 bits per heavy atom. The quantitative estimate of drug-likeness (QED) is 0.611. The van der Waals surface area contributed by atoms with Gasteiger partial charge < -0.3 is 10.1 Å². The molecule has 0 unspecified atom stereocenters. The van der Waals surface area contributed by atoms with Crippen molar-refractivity contribution in [3.05, 3.63) is 33.9 Å². The number of nitro groups is 1. The smallest absolute Gasteiger partial charge is 0.310 e. The molecule has 5 heteroatoms. The molecule has 0 spiro atoms. The molecule has 0 amide bonds. The van der Waals surface area contributed by atoms with E-state index in [1.54, 1.807) is 12.1 Å². The maximum Gasteiger partial charge on any atom is 0.310 e. The zero-order valence-electron chi connectivity index (χ0n) is 10.4. The Morgan fingerprint density at radius 3 is 2.71 bits per heavy atom. The van der Waals surface area contributed by atoms with Gasteiger partial charge in [-0.2, -0.15) is 0 Å². The number of hydrogen-bond acceptors (Lipinski definition) is 4. The highest BCUT2D eigenvalue weighted by Gasteiger charge is 2.16. The average molecular weight is 238 g/mol.